The van der Waals surface area contributed by atoms with Crippen LogP contribution in [0.4, 0.5) is 5.13 Å². The number of nitrogens with one attached hydrogen (secondary N) is 1. The summed E-state index contributed by atoms with van der Waals surface area (Å²) in [7, 11) is 0. The second-order valence-electron chi connectivity index (χ2n) is 7.18. The van der Waals surface area contributed by atoms with Gasteiger partial charge in [-0.2, -0.15) is 0 Å². The first-order chi connectivity index (χ1) is 13.1. The molecule has 3 heterocycles. The number of hydrogen-bond donors (Lipinski definition) is 1. The third-order valence-electron chi connectivity index (χ3n) is 4.99. The molecule has 0 saturated carbocycles. The van der Waals surface area contributed by atoms with Gasteiger partial charge in [0.1, 0.15) is 0 Å². The van der Waals surface area contributed by atoms with Gasteiger partial charge >= 0.3 is 0 Å². The molecule has 1 atom stereocenters. The Labute approximate surface area is 163 Å². The standard InChI is InChI=1S/C20H25N5OS/c1-3-10-21-18(26)16-5-4-11-24(12-16)20-23-25-13-17(22-19(25)27-20)15-8-6-14(2)7-9-15/h6-9,13,16H,3-5,10-12H2,1-2H3,(H,21,26)/t16-/m1/s1. The van der Waals surface area contributed by atoms with Crippen molar-refractivity contribution in [2.45, 2.75) is 33.1 Å². The summed E-state index contributed by atoms with van der Waals surface area (Å²) in [6, 6.07) is 8.37. The van der Waals surface area contributed by atoms with Crippen LogP contribution in [0.3, 0.4) is 0 Å². The maximum atomic E-state index is 12.3. The number of aromatic nitrogens is 3. The maximum absolute atomic E-state index is 12.3. The fourth-order valence-electron chi connectivity index (χ4n) is 3.44. The number of benzene rings is 1. The Balaban J connectivity index is 1.50. The molecule has 1 fully saturated rings. The number of nitrogens with zero attached hydrogens (tertiary/aromatic N) is 4. The molecular weight excluding hydrogens is 358 g/mol. The second-order valence-corrected chi connectivity index (χ2v) is 8.11. The van der Waals surface area contributed by atoms with Gasteiger partial charge in [-0.1, -0.05) is 48.1 Å². The lowest BCUT2D eigenvalue weighted by Gasteiger charge is -2.31. The zero-order valence-electron chi connectivity index (χ0n) is 15.8. The van der Waals surface area contributed by atoms with Crippen molar-refractivity contribution in [1.29, 1.82) is 0 Å². The predicted octanol–water partition coefficient (Wildman–Crippen LogP) is 3.51. The Kier molecular flexibility index (Phi) is 5.11. The van der Waals surface area contributed by atoms with Crippen molar-refractivity contribution >= 4 is 27.3 Å². The van der Waals surface area contributed by atoms with E-state index in [0.29, 0.717) is 0 Å². The van der Waals surface area contributed by atoms with Crippen LogP contribution in [0.5, 0.6) is 0 Å². The van der Waals surface area contributed by atoms with Gasteiger partial charge < -0.3 is 10.2 Å². The molecule has 0 unspecified atom stereocenters. The van der Waals surface area contributed by atoms with Crippen LogP contribution in [0.15, 0.2) is 30.5 Å². The molecule has 1 N–H and O–H groups in total. The molecule has 1 aromatic carbocycles. The minimum absolute atomic E-state index is 0.0460. The molecule has 2 aromatic heterocycles. The molecule has 6 nitrogen and oxygen atoms in total. The van der Waals surface area contributed by atoms with Crippen molar-refractivity contribution in [2.24, 2.45) is 5.92 Å². The zero-order chi connectivity index (χ0) is 18.8. The van der Waals surface area contributed by atoms with Crippen LogP contribution in [0.1, 0.15) is 31.7 Å². The summed E-state index contributed by atoms with van der Waals surface area (Å²) in [5.41, 5.74) is 3.28. The number of anilines is 1. The minimum atomic E-state index is 0.0460. The summed E-state index contributed by atoms with van der Waals surface area (Å²) in [6.45, 7) is 6.58. The van der Waals surface area contributed by atoms with E-state index >= 15 is 0 Å². The number of piperidine rings is 1. The Hall–Kier alpha value is -2.41. The van der Waals surface area contributed by atoms with Gasteiger partial charge in [-0.05, 0) is 26.2 Å². The Morgan fingerprint density at radius 2 is 2.15 bits per heavy atom. The first kappa shape index (κ1) is 18.0. The Bertz CT molecular complexity index is 898. The van der Waals surface area contributed by atoms with Crippen LogP contribution in [0, 0.1) is 12.8 Å². The van der Waals surface area contributed by atoms with Crippen LogP contribution in [0.25, 0.3) is 16.2 Å². The number of rotatable bonds is 5. The highest BCUT2D eigenvalue weighted by molar-refractivity contribution is 7.20. The number of aryl methyl sites for hydroxylation is 1. The molecule has 0 radical (unpaired) electrons. The largest absolute Gasteiger partial charge is 0.356 e. The van der Waals surface area contributed by atoms with E-state index in [4.69, 9.17) is 10.1 Å². The van der Waals surface area contributed by atoms with Crippen molar-refractivity contribution in [3.05, 3.63) is 36.0 Å². The SMILES string of the molecule is CCCNC(=O)[C@@H]1CCCN(c2nn3cc(-c4ccc(C)cc4)nc3s2)C1. The van der Waals surface area contributed by atoms with Crippen molar-refractivity contribution in [1.82, 2.24) is 19.9 Å². The monoisotopic (exact) mass is 383 g/mol. The second kappa shape index (κ2) is 7.68. The van der Waals surface area contributed by atoms with Crippen molar-refractivity contribution < 1.29 is 4.79 Å². The van der Waals surface area contributed by atoms with E-state index in [1.165, 1.54) is 5.56 Å². The molecule has 3 aromatic rings. The topological polar surface area (TPSA) is 62.5 Å². The highest BCUT2D eigenvalue weighted by Crippen LogP contribution is 2.29. The molecule has 1 aliphatic rings. The van der Waals surface area contributed by atoms with Gasteiger partial charge in [0.25, 0.3) is 0 Å². The van der Waals surface area contributed by atoms with Gasteiger partial charge in [0, 0.05) is 25.2 Å². The molecule has 1 amide bonds. The van der Waals surface area contributed by atoms with E-state index in [2.05, 4.69) is 48.3 Å². The average Bonchev–Trinajstić information content (AvgIpc) is 3.26. The van der Waals surface area contributed by atoms with Gasteiger partial charge in [-0.25, -0.2) is 9.50 Å². The quantitative estimate of drug-likeness (QED) is 0.732. The van der Waals surface area contributed by atoms with Gasteiger partial charge in [0.2, 0.25) is 16.0 Å². The normalized spacial score (nSPS) is 17.4. The zero-order valence-corrected chi connectivity index (χ0v) is 16.6. The summed E-state index contributed by atoms with van der Waals surface area (Å²) < 4.78 is 1.86. The number of amides is 1. The third-order valence-corrected chi connectivity index (χ3v) is 5.98. The number of carbonyl (C=O) groups is 1. The predicted molar refractivity (Wildman–Crippen MR) is 109 cm³/mol. The summed E-state index contributed by atoms with van der Waals surface area (Å²) in [4.78, 5) is 20.2. The number of fused-ring (bicyclic) bond motifs is 1. The third kappa shape index (κ3) is 3.83. The fourth-order valence-corrected chi connectivity index (χ4v) is 4.36. The van der Waals surface area contributed by atoms with E-state index < -0.39 is 0 Å². The van der Waals surface area contributed by atoms with E-state index in [9.17, 15) is 4.79 Å². The van der Waals surface area contributed by atoms with Crippen molar-refractivity contribution in [3.8, 4) is 11.3 Å². The van der Waals surface area contributed by atoms with Crippen LogP contribution < -0.4 is 10.2 Å². The van der Waals surface area contributed by atoms with Gasteiger partial charge in [-0.15, -0.1) is 5.10 Å². The number of imidazole rings is 1. The van der Waals surface area contributed by atoms with Gasteiger partial charge in [0.05, 0.1) is 17.8 Å². The van der Waals surface area contributed by atoms with Crippen molar-refractivity contribution in [3.63, 3.8) is 0 Å². The highest BCUT2D eigenvalue weighted by Gasteiger charge is 2.27. The molecule has 1 aliphatic heterocycles. The molecule has 0 spiro atoms. The minimum Gasteiger partial charge on any atom is -0.356 e. The number of hydrogen-bond acceptors (Lipinski definition) is 5. The molecular formula is C20H25N5OS. The van der Waals surface area contributed by atoms with Gasteiger partial charge in [-0.3, -0.25) is 4.79 Å². The summed E-state index contributed by atoms with van der Waals surface area (Å²) in [6.07, 6.45) is 4.91. The molecule has 7 heteroatoms. The summed E-state index contributed by atoms with van der Waals surface area (Å²) in [5, 5.41) is 8.69. The first-order valence-corrected chi connectivity index (χ1v) is 10.4. The van der Waals surface area contributed by atoms with E-state index in [0.717, 1.165) is 60.2 Å². The van der Waals surface area contributed by atoms with Crippen LogP contribution in [-0.4, -0.2) is 40.1 Å². The van der Waals surface area contributed by atoms with E-state index in [1.54, 1.807) is 11.3 Å². The lowest BCUT2D eigenvalue weighted by Crippen LogP contribution is -2.43. The Morgan fingerprint density at radius 1 is 1.33 bits per heavy atom. The smallest absolute Gasteiger partial charge is 0.224 e. The molecule has 4 rings (SSSR count). The fraction of sp³-hybridized carbons (Fsp3) is 0.450. The highest BCUT2D eigenvalue weighted by atomic mass is 32.1. The maximum Gasteiger partial charge on any atom is 0.224 e. The number of carbonyl (C=O) groups excluding carboxylic acids is 1. The first-order valence-electron chi connectivity index (χ1n) is 9.60. The van der Waals surface area contributed by atoms with E-state index in [-0.39, 0.29) is 11.8 Å². The summed E-state index contributed by atoms with van der Waals surface area (Å²) >= 11 is 1.59. The lowest BCUT2D eigenvalue weighted by molar-refractivity contribution is -0.125. The summed E-state index contributed by atoms with van der Waals surface area (Å²) in [5.74, 6) is 0.217. The van der Waals surface area contributed by atoms with E-state index in [1.807, 2.05) is 10.7 Å². The Morgan fingerprint density at radius 3 is 2.89 bits per heavy atom. The molecule has 0 aliphatic carbocycles. The lowest BCUT2D eigenvalue weighted by atomic mass is 9.97. The average molecular weight is 384 g/mol. The van der Waals surface area contributed by atoms with Crippen LogP contribution >= 0.6 is 11.3 Å². The van der Waals surface area contributed by atoms with Crippen LogP contribution in [0.2, 0.25) is 0 Å². The van der Waals surface area contributed by atoms with Crippen molar-refractivity contribution in [2.75, 3.05) is 24.5 Å². The molecule has 142 valence electrons. The van der Waals surface area contributed by atoms with Crippen LogP contribution in [-0.2, 0) is 4.79 Å². The molecule has 27 heavy (non-hydrogen) atoms. The molecule has 1 saturated heterocycles. The van der Waals surface area contributed by atoms with Gasteiger partial charge in [0.15, 0.2) is 0 Å². The molecule has 0 bridgehead atoms.